The lowest BCUT2D eigenvalue weighted by molar-refractivity contribution is -0.115. The molecule has 6 heteroatoms. The van der Waals surface area contributed by atoms with Crippen LogP contribution in [0.1, 0.15) is 0 Å². The highest BCUT2D eigenvalue weighted by atomic mass is 35.5. The van der Waals surface area contributed by atoms with Gasteiger partial charge in [-0.2, -0.15) is 0 Å². The Morgan fingerprint density at radius 1 is 1.33 bits per heavy atom. The highest BCUT2D eigenvalue weighted by molar-refractivity contribution is 6.36. The molecule has 1 aromatic carbocycles. The van der Waals surface area contributed by atoms with Gasteiger partial charge in [0.1, 0.15) is 0 Å². The first-order chi connectivity index (χ1) is 8.49. The molecule has 2 N–H and O–H groups in total. The predicted molar refractivity (Wildman–Crippen MR) is 76.5 cm³/mol. The molecule has 0 aliphatic rings. The number of halogens is 2. The van der Waals surface area contributed by atoms with Crippen molar-refractivity contribution in [3.05, 3.63) is 28.2 Å². The van der Waals surface area contributed by atoms with E-state index in [4.69, 9.17) is 23.2 Å². The Morgan fingerprint density at radius 3 is 2.67 bits per heavy atom. The summed E-state index contributed by atoms with van der Waals surface area (Å²) in [5, 5.41) is 6.74. The molecule has 0 bridgehead atoms. The van der Waals surface area contributed by atoms with Crippen LogP contribution in [0.4, 0.5) is 5.69 Å². The number of hydrogen-bond acceptors (Lipinski definition) is 3. The molecular formula is C12H17Cl2N3O. The zero-order valence-corrected chi connectivity index (χ0v) is 12.0. The van der Waals surface area contributed by atoms with Crippen LogP contribution >= 0.6 is 23.2 Å². The van der Waals surface area contributed by atoms with Crippen molar-refractivity contribution in [3.63, 3.8) is 0 Å². The number of nitrogens with zero attached hydrogens (tertiary/aromatic N) is 1. The van der Waals surface area contributed by atoms with Gasteiger partial charge in [-0.25, -0.2) is 0 Å². The van der Waals surface area contributed by atoms with E-state index in [0.717, 1.165) is 13.1 Å². The summed E-state index contributed by atoms with van der Waals surface area (Å²) in [7, 11) is 3.96. The van der Waals surface area contributed by atoms with Gasteiger partial charge in [-0.3, -0.25) is 4.79 Å². The maximum Gasteiger partial charge on any atom is 0.238 e. The minimum Gasteiger partial charge on any atom is -0.324 e. The van der Waals surface area contributed by atoms with Crippen LogP contribution in [0.15, 0.2) is 18.2 Å². The Morgan fingerprint density at radius 2 is 2.06 bits per heavy atom. The fraction of sp³-hybridized carbons (Fsp3) is 0.417. The van der Waals surface area contributed by atoms with E-state index in [2.05, 4.69) is 10.6 Å². The molecule has 4 nitrogen and oxygen atoms in total. The monoisotopic (exact) mass is 289 g/mol. The summed E-state index contributed by atoms with van der Waals surface area (Å²) in [6.07, 6.45) is 0. The van der Waals surface area contributed by atoms with E-state index in [9.17, 15) is 4.79 Å². The molecule has 0 fully saturated rings. The Labute approximate surface area is 117 Å². The number of nitrogens with one attached hydrogen (secondary N) is 2. The Balaban J connectivity index is 2.35. The molecular weight excluding hydrogens is 273 g/mol. The molecule has 0 aliphatic carbocycles. The Bertz CT molecular complexity index is 410. The lowest BCUT2D eigenvalue weighted by Gasteiger charge is -2.11. The lowest BCUT2D eigenvalue weighted by atomic mass is 10.3. The van der Waals surface area contributed by atoms with Crippen LogP contribution in [-0.4, -0.2) is 44.5 Å². The number of anilines is 1. The molecule has 1 rings (SSSR count). The van der Waals surface area contributed by atoms with Crippen LogP contribution in [-0.2, 0) is 4.79 Å². The third-order valence-electron chi connectivity index (χ3n) is 2.23. The van der Waals surface area contributed by atoms with Crippen LogP contribution in [0, 0.1) is 0 Å². The second kappa shape index (κ2) is 7.59. The van der Waals surface area contributed by atoms with Crippen molar-refractivity contribution >= 4 is 34.8 Å². The zero-order chi connectivity index (χ0) is 13.5. The van der Waals surface area contributed by atoms with Crippen LogP contribution in [0.3, 0.4) is 0 Å². The van der Waals surface area contributed by atoms with Gasteiger partial charge in [0, 0.05) is 18.1 Å². The minimum atomic E-state index is -0.127. The van der Waals surface area contributed by atoms with Crippen LogP contribution in [0.2, 0.25) is 10.0 Å². The first-order valence-electron chi connectivity index (χ1n) is 5.59. The summed E-state index contributed by atoms with van der Waals surface area (Å²) >= 11 is 11.7. The third kappa shape index (κ3) is 5.69. The number of amides is 1. The average molecular weight is 290 g/mol. The van der Waals surface area contributed by atoms with Crippen molar-refractivity contribution in [1.29, 1.82) is 0 Å². The molecule has 0 aliphatic heterocycles. The third-order valence-corrected chi connectivity index (χ3v) is 2.77. The molecule has 0 atom stereocenters. The van der Waals surface area contributed by atoms with Crippen LogP contribution in [0.25, 0.3) is 0 Å². The number of carbonyl (C=O) groups excluding carboxylic acids is 1. The Kier molecular flexibility index (Phi) is 6.43. The molecule has 1 aromatic rings. The largest absolute Gasteiger partial charge is 0.324 e. The second-order valence-corrected chi connectivity index (χ2v) is 5.00. The van der Waals surface area contributed by atoms with Gasteiger partial charge in [0.05, 0.1) is 17.3 Å². The average Bonchev–Trinajstić information content (AvgIpc) is 2.28. The van der Waals surface area contributed by atoms with Gasteiger partial charge in [0.15, 0.2) is 0 Å². The molecule has 1 amide bonds. The van der Waals surface area contributed by atoms with Gasteiger partial charge >= 0.3 is 0 Å². The molecule has 100 valence electrons. The number of likely N-dealkylation sites (N-methyl/N-ethyl adjacent to an activating group) is 1. The van der Waals surface area contributed by atoms with Gasteiger partial charge in [-0.1, -0.05) is 23.2 Å². The standard InChI is InChI=1S/C12H17Cl2N3O/c1-17(2)6-5-15-8-12(18)16-11-4-3-9(13)7-10(11)14/h3-4,7,15H,5-6,8H2,1-2H3,(H,16,18). The van der Waals surface area contributed by atoms with Crippen molar-refractivity contribution in [3.8, 4) is 0 Å². The zero-order valence-electron chi connectivity index (χ0n) is 10.5. The van der Waals surface area contributed by atoms with Crippen molar-refractivity contribution in [2.75, 3.05) is 39.0 Å². The number of rotatable bonds is 6. The summed E-state index contributed by atoms with van der Waals surface area (Å²) in [6.45, 7) is 1.90. The van der Waals surface area contributed by atoms with Crippen LogP contribution in [0.5, 0.6) is 0 Å². The second-order valence-electron chi connectivity index (χ2n) is 4.15. The van der Waals surface area contributed by atoms with Gasteiger partial charge in [0.2, 0.25) is 5.91 Å². The molecule has 0 spiro atoms. The van der Waals surface area contributed by atoms with Gasteiger partial charge in [0.25, 0.3) is 0 Å². The molecule has 0 unspecified atom stereocenters. The van der Waals surface area contributed by atoms with Crippen molar-refractivity contribution < 1.29 is 4.79 Å². The van der Waals surface area contributed by atoms with E-state index in [1.165, 1.54) is 0 Å². The molecule has 0 heterocycles. The molecule has 0 saturated carbocycles. The summed E-state index contributed by atoms with van der Waals surface area (Å²) in [5.74, 6) is -0.127. The number of benzene rings is 1. The minimum absolute atomic E-state index is 0.127. The summed E-state index contributed by atoms with van der Waals surface area (Å²) in [5.41, 5.74) is 0.570. The fourth-order valence-corrected chi connectivity index (χ4v) is 1.75. The molecule has 0 saturated heterocycles. The fourth-order valence-electron chi connectivity index (χ4n) is 1.29. The number of hydrogen-bond donors (Lipinski definition) is 2. The van der Waals surface area contributed by atoms with E-state index in [1.807, 2.05) is 19.0 Å². The van der Waals surface area contributed by atoms with E-state index >= 15 is 0 Å². The van der Waals surface area contributed by atoms with Gasteiger partial charge in [-0.15, -0.1) is 0 Å². The summed E-state index contributed by atoms with van der Waals surface area (Å²) in [6, 6.07) is 4.96. The quantitative estimate of drug-likeness (QED) is 0.788. The molecule has 18 heavy (non-hydrogen) atoms. The summed E-state index contributed by atoms with van der Waals surface area (Å²) < 4.78 is 0. The van der Waals surface area contributed by atoms with Crippen molar-refractivity contribution in [1.82, 2.24) is 10.2 Å². The van der Waals surface area contributed by atoms with E-state index in [-0.39, 0.29) is 12.5 Å². The maximum absolute atomic E-state index is 11.6. The van der Waals surface area contributed by atoms with E-state index in [1.54, 1.807) is 18.2 Å². The van der Waals surface area contributed by atoms with E-state index < -0.39 is 0 Å². The first-order valence-corrected chi connectivity index (χ1v) is 6.35. The maximum atomic E-state index is 11.6. The SMILES string of the molecule is CN(C)CCNCC(=O)Nc1ccc(Cl)cc1Cl. The highest BCUT2D eigenvalue weighted by Crippen LogP contribution is 2.25. The van der Waals surface area contributed by atoms with Gasteiger partial charge < -0.3 is 15.5 Å². The first kappa shape index (κ1) is 15.2. The Hall–Kier alpha value is -0.810. The molecule has 0 aromatic heterocycles. The molecule has 0 radical (unpaired) electrons. The van der Waals surface area contributed by atoms with Crippen molar-refractivity contribution in [2.45, 2.75) is 0 Å². The topological polar surface area (TPSA) is 44.4 Å². The predicted octanol–water partition coefficient (Wildman–Crippen LogP) is 2.08. The summed E-state index contributed by atoms with van der Waals surface area (Å²) in [4.78, 5) is 13.7. The normalized spacial score (nSPS) is 10.7. The van der Waals surface area contributed by atoms with Gasteiger partial charge in [-0.05, 0) is 32.3 Å². The highest BCUT2D eigenvalue weighted by Gasteiger charge is 2.05. The lowest BCUT2D eigenvalue weighted by Crippen LogP contribution is -2.33. The van der Waals surface area contributed by atoms with E-state index in [0.29, 0.717) is 15.7 Å². The number of carbonyl (C=O) groups is 1. The van der Waals surface area contributed by atoms with Crippen LogP contribution < -0.4 is 10.6 Å². The smallest absolute Gasteiger partial charge is 0.238 e. The van der Waals surface area contributed by atoms with Crippen molar-refractivity contribution in [2.24, 2.45) is 0 Å².